The van der Waals surface area contributed by atoms with Crippen LogP contribution in [0.4, 0.5) is 5.69 Å². The van der Waals surface area contributed by atoms with E-state index in [1.807, 2.05) is 0 Å². The van der Waals surface area contributed by atoms with E-state index >= 15 is 0 Å². The zero-order valence-electron chi connectivity index (χ0n) is 11.6. The second-order valence-corrected chi connectivity index (χ2v) is 6.23. The van der Waals surface area contributed by atoms with E-state index in [9.17, 15) is 9.59 Å². The Balaban J connectivity index is 1.77. The van der Waals surface area contributed by atoms with Gasteiger partial charge < -0.3 is 20.7 Å². The second-order valence-electron chi connectivity index (χ2n) is 5.42. The van der Waals surface area contributed by atoms with Gasteiger partial charge >= 0.3 is 0 Å². The van der Waals surface area contributed by atoms with Crippen LogP contribution in [0.3, 0.4) is 0 Å². The molecule has 2 amide bonds. The first kappa shape index (κ1) is 15.4. The maximum atomic E-state index is 12.6. The summed E-state index contributed by atoms with van der Waals surface area (Å²) in [5, 5.41) is 3.36. The summed E-state index contributed by atoms with van der Waals surface area (Å²) in [6.45, 7) is 1.03. The van der Waals surface area contributed by atoms with Gasteiger partial charge in [-0.25, -0.2) is 0 Å². The van der Waals surface area contributed by atoms with Crippen LogP contribution in [0.1, 0.15) is 16.8 Å². The van der Waals surface area contributed by atoms with E-state index in [1.165, 1.54) is 12.1 Å². The normalized spacial score (nSPS) is 24.6. The molecule has 0 aromatic heterocycles. The number of benzene rings is 1. The quantitative estimate of drug-likeness (QED) is 0.753. The van der Waals surface area contributed by atoms with Gasteiger partial charge in [0.2, 0.25) is 5.91 Å². The third-order valence-corrected chi connectivity index (χ3v) is 4.56. The predicted octanol–water partition coefficient (Wildman–Crippen LogP) is 1.31. The number of hydrogen-bond acceptors (Lipinski definition) is 4. The lowest BCUT2D eigenvalue weighted by Crippen LogP contribution is -2.61. The summed E-state index contributed by atoms with van der Waals surface area (Å²) in [5.41, 5.74) is 6.32. The molecule has 2 saturated heterocycles. The van der Waals surface area contributed by atoms with Gasteiger partial charge in [-0.2, -0.15) is 0 Å². The Hall–Kier alpha value is -1.50. The molecule has 0 spiro atoms. The Labute approximate surface area is 137 Å². The maximum Gasteiger partial charge on any atom is 0.254 e. The summed E-state index contributed by atoms with van der Waals surface area (Å²) in [6.07, 6.45) is 0.632. The minimum atomic E-state index is -0.193. The molecule has 2 aliphatic rings. The molecule has 3 rings (SSSR count). The molecule has 3 N–H and O–H groups in total. The van der Waals surface area contributed by atoms with Crippen LogP contribution in [0.15, 0.2) is 12.1 Å². The second kappa shape index (κ2) is 5.95. The number of piperidine rings is 1. The van der Waals surface area contributed by atoms with Crippen molar-refractivity contribution in [3.63, 3.8) is 0 Å². The van der Waals surface area contributed by atoms with Gasteiger partial charge in [-0.05, 0) is 18.6 Å². The summed E-state index contributed by atoms with van der Waals surface area (Å²) in [6, 6.07) is 2.83. The van der Waals surface area contributed by atoms with Crippen molar-refractivity contribution in [1.29, 1.82) is 0 Å². The fourth-order valence-corrected chi connectivity index (χ4v) is 3.26. The molecule has 8 heteroatoms. The summed E-state index contributed by atoms with van der Waals surface area (Å²) < 4.78 is 5.47. The van der Waals surface area contributed by atoms with Crippen molar-refractivity contribution in [3.05, 3.63) is 27.7 Å². The highest BCUT2D eigenvalue weighted by Gasteiger charge is 2.36. The van der Waals surface area contributed by atoms with E-state index in [1.54, 1.807) is 4.90 Å². The monoisotopic (exact) mass is 343 g/mol. The molecule has 0 unspecified atom stereocenters. The number of carbonyl (C=O) groups excluding carboxylic acids is 2. The summed E-state index contributed by atoms with van der Waals surface area (Å²) >= 11 is 11.9. The summed E-state index contributed by atoms with van der Waals surface area (Å²) in [7, 11) is 0. The van der Waals surface area contributed by atoms with Gasteiger partial charge in [-0.3, -0.25) is 9.59 Å². The Bertz CT molecular complexity index is 615. The number of hydrogen-bond donors (Lipinski definition) is 2. The molecule has 6 nitrogen and oxygen atoms in total. The summed E-state index contributed by atoms with van der Waals surface area (Å²) in [5.74, 6) is -0.351. The van der Waals surface area contributed by atoms with Crippen LogP contribution in [0.2, 0.25) is 10.0 Å². The van der Waals surface area contributed by atoms with Gasteiger partial charge in [-0.1, -0.05) is 23.2 Å². The van der Waals surface area contributed by atoms with Gasteiger partial charge in [0.05, 0.1) is 27.9 Å². The molecule has 0 bridgehead atoms. The topological polar surface area (TPSA) is 84.7 Å². The van der Waals surface area contributed by atoms with Gasteiger partial charge in [0.1, 0.15) is 6.61 Å². The Morgan fingerprint density at radius 2 is 2.05 bits per heavy atom. The molecular weight excluding hydrogens is 329 g/mol. The fraction of sp³-hybridized carbons (Fsp3) is 0.429. The lowest BCUT2D eigenvalue weighted by atomic mass is 9.99. The van der Waals surface area contributed by atoms with Crippen molar-refractivity contribution in [2.45, 2.75) is 18.6 Å². The van der Waals surface area contributed by atoms with Crippen molar-refractivity contribution < 1.29 is 14.3 Å². The van der Waals surface area contributed by atoms with Crippen molar-refractivity contribution in [1.82, 2.24) is 10.2 Å². The smallest absolute Gasteiger partial charge is 0.254 e. The molecule has 1 aromatic rings. The number of ether oxygens (including phenoxy) is 1. The highest BCUT2D eigenvalue weighted by atomic mass is 35.5. The average Bonchev–Trinajstić information content (AvgIpc) is 2.50. The highest BCUT2D eigenvalue weighted by Crippen LogP contribution is 2.30. The van der Waals surface area contributed by atoms with Gasteiger partial charge in [-0.15, -0.1) is 0 Å². The number of halogens is 2. The Morgan fingerprint density at radius 1 is 1.36 bits per heavy atom. The molecule has 118 valence electrons. The van der Waals surface area contributed by atoms with E-state index in [4.69, 9.17) is 33.7 Å². The standard InChI is InChI=1S/C14H15Cl2N3O3/c15-8-3-7(4-9(16)13(8)17)14(21)19-2-1-11-10(5-19)18-12(20)6-22-11/h3-4,10-11H,1-2,5-6,17H2,(H,18,20)/t10-,11+/m0/s1. The molecule has 0 aliphatic carbocycles. The first-order chi connectivity index (χ1) is 10.5. The minimum absolute atomic E-state index is 0.0413. The van der Waals surface area contributed by atoms with Crippen LogP contribution >= 0.6 is 23.2 Å². The van der Waals surface area contributed by atoms with Crippen LogP contribution in [-0.2, 0) is 9.53 Å². The van der Waals surface area contributed by atoms with Crippen molar-refractivity contribution in [2.75, 3.05) is 25.4 Å². The predicted molar refractivity (Wildman–Crippen MR) is 83.1 cm³/mol. The number of morpholine rings is 1. The van der Waals surface area contributed by atoms with E-state index in [0.29, 0.717) is 25.1 Å². The number of likely N-dealkylation sites (tertiary alicyclic amines) is 1. The Morgan fingerprint density at radius 3 is 2.73 bits per heavy atom. The number of nitrogen functional groups attached to an aromatic ring is 1. The summed E-state index contributed by atoms with van der Waals surface area (Å²) in [4.78, 5) is 25.6. The third kappa shape index (κ3) is 2.86. The lowest BCUT2D eigenvalue weighted by Gasteiger charge is -2.41. The number of carbonyl (C=O) groups is 2. The largest absolute Gasteiger partial charge is 0.396 e. The SMILES string of the molecule is Nc1c(Cl)cc(C(=O)N2CC[C@H]3OCC(=O)N[C@H]3C2)cc1Cl. The first-order valence-electron chi connectivity index (χ1n) is 6.90. The van der Waals surface area contributed by atoms with Gasteiger partial charge in [0.15, 0.2) is 0 Å². The van der Waals surface area contributed by atoms with Crippen molar-refractivity contribution in [2.24, 2.45) is 0 Å². The number of fused-ring (bicyclic) bond motifs is 1. The zero-order valence-corrected chi connectivity index (χ0v) is 13.2. The van der Waals surface area contributed by atoms with Crippen LogP contribution in [0, 0.1) is 0 Å². The van der Waals surface area contributed by atoms with Crippen LogP contribution in [-0.4, -0.2) is 48.6 Å². The van der Waals surface area contributed by atoms with Gasteiger partial charge in [0.25, 0.3) is 5.91 Å². The Kier molecular flexibility index (Phi) is 4.16. The molecule has 1 aromatic carbocycles. The lowest BCUT2D eigenvalue weighted by molar-refractivity contribution is -0.139. The van der Waals surface area contributed by atoms with Crippen LogP contribution in [0.5, 0.6) is 0 Å². The van der Waals surface area contributed by atoms with Crippen LogP contribution < -0.4 is 11.1 Å². The number of nitrogens with one attached hydrogen (secondary N) is 1. The van der Waals surface area contributed by atoms with Crippen molar-refractivity contribution in [3.8, 4) is 0 Å². The number of amides is 2. The molecule has 2 heterocycles. The number of nitrogens with two attached hydrogens (primary N) is 1. The molecule has 2 fully saturated rings. The molecule has 2 atom stereocenters. The third-order valence-electron chi connectivity index (χ3n) is 3.94. The van der Waals surface area contributed by atoms with E-state index in [2.05, 4.69) is 5.32 Å². The number of nitrogens with zero attached hydrogens (tertiary/aromatic N) is 1. The maximum absolute atomic E-state index is 12.6. The van der Waals surface area contributed by atoms with Crippen LogP contribution in [0.25, 0.3) is 0 Å². The molecule has 22 heavy (non-hydrogen) atoms. The zero-order chi connectivity index (χ0) is 15.9. The molecule has 0 saturated carbocycles. The van der Waals surface area contributed by atoms with Gasteiger partial charge in [0, 0.05) is 18.7 Å². The van der Waals surface area contributed by atoms with E-state index in [0.717, 1.165) is 0 Å². The first-order valence-corrected chi connectivity index (χ1v) is 7.66. The molecule has 0 radical (unpaired) electrons. The number of rotatable bonds is 1. The highest BCUT2D eigenvalue weighted by molar-refractivity contribution is 6.39. The molecular formula is C14H15Cl2N3O3. The van der Waals surface area contributed by atoms with E-state index < -0.39 is 0 Å². The fourth-order valence-electron chi connectivity index (χ4n) is 2.77. The minimum Gasteiger partial charge on any atom is -0.396 e. The average molecular weight is 344 g/mol. The van der Waals surface area contributed by atoms with E-state index in [-0.39, 0.29) is 46.3 Å². The van der Waals surface area contributed by atoms with Crippen molar-refractivity contribution >= 4 is 40.7 Å². The number of anilines is 1. The molecule has 2 aliphatic heterocycles.